The van der Waals surface area contributed by atoms with Crippen molar-refractivity contribution in [2.75, 3.05) is 6.54 Å². The number of hydrogen-bond donors (Lipinski definition) is 4. The van der Waals surface area contributed by atoms with Gasteiger partial charge in [0.1, 0.15) is 17.5 Å². The van der Waals surface area contributed by atoms with Gasteiger partial charge >= 0.3 is 5.97 Å². The van der Waals surface area contributed by atoms with Crippen LogP contribution in [0.1, 0.15) is 40.0 Å². The lowest BCUT2D eigenvalue weighted by Gasteiger charge is -2.27. The lowest BCUT2D eigenvalue weighted by atomic mass is 10.0. The van der Waals surface area contributed by atoms with E-state index in [0.29, 0.717) is 24.3 Å². The van der Waals surface area contributed by atoms with Gasteiger partial charge in [-0.05, 0) is 74.3 Å². The summed E-state index contributed by atoms with van der Waals surface area (Å²) >= 11 is 0. The number of aromatic hydroxyl groups is 2. The first-order valence-corrected chi connectivity index (χ1v) is 8.74. The van der Waals surface area contributed by atoms with Crippen LogP contribution >= 0.6 is 0 Å². The number of rotatable bonds is 8. The largest absolute Gasteiger partial charge is 0.508 e. The Morgan fingerprint density at radius 1 is 0.821 bits per heavy atom. The minimum atomic E-state index is -1.38. The summed E-state index contributed by atoms with van der Waals surface area (Å²) in [7, 11) is 0. The van der Waals surface area contributed by atoms with Gasteiger partial charge in [-0.15, -0.1) is 0 Å². The van der Waals surface area contributed by atoms with Crippen LogP contribution in [0.15, 0.2) is 48.5 Å². The van der Waals surface area contributed by atoms with E-state index in [1.807, 2.05) is 0 Å². The molecule has 0 radical (unpaired) electrons. The molecule has 0 spiro atoms. The first kappa shape index (κ1) is 20.9. The van der Waals surface area contributed by atoms with E-state index in [4.69, 9.17) is 5.73 Å². The molecule has 1 unspecified atom stereocenters. The van der Waals surface area contributed by atoms with Gasteiger partial charge in [0.15, 0.2) is 0 Å². The molecule has 2 aromatic rings. The zero-order valence-electron chi connectivity index (χ0n) is 15.1. The van der Waals surface area contributed by atoms with Crippen LogP contribution in [-0.2, 0) is 4.79 Å². The molecule has 0 bridgehead atoms. The summed E-state index contributed by atoms with van der Waals surface area (Å²) in [4.78, 5) is 38.6. The number of phenolic OH excluding ortho intramolecular Hbond substituents is 2. The number of amides is 2. The third kappa shape index (κ3) is 5.08. The highest BCUT2D eigenvalue weighted by Gasteiger charge is 2.35. The Bertz CT molecular complexity index is 775. The highest BCUT2D eigenvalue weighted by molar-refractivity contribution is 6.12. The molecule has 8 nitrogen and oxygen atoms in total. The van der Waals surface area contributed by atoms with Gasteiger partial charge in [-0.25, -0.2) is 4.79 Å². The molecule has 0 aliphatic carbocycles. The molecule has 0 heterocycles. The summed E-state index contributed by atoms with van der Waals surface area (Å²) in [6, 6.07) is 8.99. The summed E-state index contributed by atoms with van der Waals surface area (Å²) in [5.41, 5.74) is 5.58. The number of carbonyl (C=O) groups is 3. The number of phenols is 2. The summed E-state index contributed by atoms with van der Waals surface area (Å²) in [6.07, 6.45) is 1.04. The summed E-state index contributed by atoms with van der Waals surface area (Å²) in [6.45, 7) is 0.365. The van der Waals surface area contributed by atoms with Gasteiger partial charge in [-0.3, -0.25) is 14.5 Å². The van der Waals surface area contributed by atoms with Gasteiger partial charge < -0.3 is 21.1 Å². The predicted octanol–water partition coefficient (Wildman–Crippen LogP) is 1.96. The number of nitrogens with two attached hydrogens (primary N) is 1. The molecule has 28 heavy (non-hydrogen) atoms. The molecule has 5 N–H and O–H groups in total. The molecule has 2 aromatic carbocycles. The SMILES string of the molecule is NCCCCC(C(=O)O)N(C(=O)c1ccc(O)cc1)C(=O)c1ccc(O)cc1. The fourth-order valence-corrected chi connectivity index (χ4v) is 2.71. The molecule has 148 valence electrons. The first-order chi connectivity index (χ1) is 13.3. The van der Waals surface area contributed by atoms with Crippen molar-refractivity contribution in [2.45, 2.75) is 25.3 Å². The number of imide groups is 1. The number of carboxylic acid groups (broad SMARTS) is 1. The molecule has 0 fully saturated rings. The van der Waals surface area contributed by atoms with Crippen LogP contribution in [0, 0.1) is 0 Å². The topological polar surface area (TPSA) is 141 Å². The average Bonchev–Trinajstić information content (AvgIpc) is 2.67. The average molecular weight is 386 g/mol. The van der Waals surface area contributed by atoms with Crippen molar-refractivity contribution in [2.24, 2.45) is 5.73 Å². The third-order valence-electron chi connectivity index (χ3n) is 4.19. The fourth-order valence-electron chi connectivity index (χ4n) is 2.71. The van der Waals surface area contributed by atoms with E-state index in [0.717, 1.165) is 0 Å². The van der Waals surface area contributed by atoms with Crippen LogP contribution in [0.2, 0.25) is 0 Å². The van der Waals surface area contributed by atoms with Crippen molar-refractivity contribution >= 4 is 17.8 Å². The van der Waals surface area contributed by atoms with E-state index < -0.39 is 23.8 Å². The van der Waals surface area contributed by atoms with E-state index in [9.17, 15) is 29.7 Å². The smallest absolute Gasteiger partial charge is 0.326 e. The van der Waals surface area contributed by atoms with E-state index in [1.54, 1.807) is 0 Å². The first-order valence-electron chi connectivity index (χ1n) is 8.74. The monoisotopic (exact) mass is 386 g/mol. The number of carboxylic acids is 1. The molecule has 0 aliphatic rings. The van der Waals surface area contributed by atoms with Crippen LogP contribution in [-0.4, -0.2) is 50.6 Å². The molecule has 1 atom stereocenters. The number of benzene rings is 2. The maximum Gasteiger partial charge on any atom is 0.326 e. The van der Waals surface area contributed by atoms with Crippen molar-refractivity contribution in [3.05, 3.63) is 59.7 Å². The Morgan fingerprint density at radius 2 is 1.25 bits per heavy atom. The zero-order chi connectivity index (χ0) is 20.7. The van der Waals surface area contributed by atoms with Crippen LogP contribution in [0.4, 0.5) is 0 Å². The van der Waals surface area contributed by atoms with Gasteiger partial charge in [0.25, 0.3) is 11.8 Å². The quantitative estimate of drug-likeness (QED) is 0.401. The van der Waals surface area contributed by atoms with E-state index in [2.05, 4.69) is 0 Å². The summed E-state index contributed by atoms with van der Waals surface area (Å²) in [5.74, 6) is -3.02. The van der Waals surface area contributed by atoms with Crippen LogP contribution in [0.5, 0.6) is 11.5 Å². The number of aliphatic carboxylic acids is 1. The maximum atomic E-state index is 13.0. The minimum absolute atomic E-state index is 0.0557. The number of hydrogen-bond acceptors (Lipinski definition) is 6. The van der Waals surface area contributed by atoms with Gasteiger partial charge in [0.2, 0.25) is 0 Å². The second-order valence-corrected chi connectivity index (χ2v) is 6.21. The molecule has 8 heteroatoms. The zero-order valence-corrected chi connectivity index (χ0v) is 15.1. The van der Waals surface area contributed by atoms with Crippen molar-refractivity contribution < 1.29 is 29.7 Å². The van der Waals surface area contributed by atoms with Crippen LogP contribution in [0.25, 0.3) is 0 Å². The normalized spacial score (nSPS) is 11.6. The summed E-state index contributed by atoms with van der Waals surface area (Å²) < 4.78 is 0. The lowest BCUT2D eigenvalue weighted by molar-refractivity contribution is -0.141. The molecule has 0 aliphatic heterocycles. The fraction of sp³-hybridized carbons (Fsp3) is 0.250. The molecular formula is C20H22N2O6. The Hall–Kier alpha value is -3.39. The Labute approximate surface area is 161 Å². The third-order valence-corrected chi connectivity index (χ3v) is 4.19. The Kier molecular flexibility index (Phi) is 7.11. The summed E-state index contributed by atoms with van der Waals surface area (Å²) in [5, 5.41) is 28.5. The molecule has 0 saturated carbocycles. The maximum absolute atomic E-state index is 13.0. The predicted molar refractivity (Wildman–Crippen MR) is 101 cm³/mol. The van der Waals surface area contributed by atoms with E-state index >= 15 is 0 Å². The van der Waals surface area contributed by atoms with Crippen molar-refractivity contribution in [1.29, 1.82) is 0 Å². The minimum Gasteiger partial charge on any atom is -0.508 e. The molecule has 2 amide bonds. The van der Waals surface area contributed by atoms with E-state index in [-0.39, 0.29) is 29.0 Å². The Morgan fingerprint density at radius 3 is 1.61 bits per heavy atom. The number of carbonyl (C=O) groups excluding carboxylic acids is 2. The van der Waals surface area contributed by atoms with Gasteiger partial charge in [0, 0.05) is 11.1 Å². The second-order valence-electron chi connectivity index (χ2n) is 6.21. The van der Waals surface area contributed by atoms with Gasteiger partial charge in [-0.1, -0.05) is 0 Å². The Balaban J connectivity index is 2.44. The van der Waals surface area contributed by atoms with Gasteiger partial charge in [-0.2, -0.15) is 0 Å². The lowest BCUT2D eigenvalue weighted by Crippen LogP contribution is -2.48. The highest BCUT2D eigenvalue weighted by Crippen LogP contribution is 2.20. The number of nitrogens with zero attached hydrogens (tertiary/aromatic N) is 1. The molecule has 0 saturated heterocycles. The van der Waals surface area contributed by atoms with Crippen molar-refractivity contribution in [1.82, 2.24) is 4.90 Å². The molecular weight excluding hydrogens is 364 g/mol. The standard InChI is InChI=1S/C20H22N2O6/c21-12-2-1-3-17(20(27)28)22(18(25)13-4-8-15(23)9-5-13)19(26)14-6-10-16(24)11-7-14/h4-11,17,23-24H,1-3,12,21H2,(H,27,28). The molecule has 0 aromatic heterocycles. The van der Waals surface area contributed by atoms with Crippen molar-refractivity contribution in [3.63, 3.8) is 0 Å². The molecule has 2 rings (SSSR count). The van der Waals surface area contributed by atoms with Gasteiger partial charge in [0.05, 0.1) is 0 Å². The van der Waals surface area contributed by atoms with Crippen LogP contribution in [0.3, 0.4) is 0 Å². The second kappa shape index (κ2) is 9.52. The number of unbranched alkanes of at least 4 members (excludes halogenated alkanes) is 1. The van der Waals surface area contributed by atoms with Crippen molar-refractivity contribution in [3.8, 4) is 11.5 Å². The highest BCUT2D eigenvalue weighted by atomic mass is 16.4. The van der Waals surface area contributed by atoms with Crippen LogP contribution < -0.4 is 5.73 Å². The van der Waals surface area contributed by atoms with E-state index in [1.165, 1.54) is 48.5 Å².